The summed E-state index contributed by atoms with van der Waals surface area (Å²) in [5, 5.41) is 17.3. The van der Waals surface area contributed by atoms with E-state index in [1.807, 2.05) is 24.5 Å². The third-order valence-electron chi connectivity index (χ3n) is 4.92. The Labute approximate surface area is 204 Å². The molecule has 0 aliphatic carbocycles. The van der Waals surface area contributed by atoms with Gasteiger partial charge in [-0.2, -0.15) is 24.4 Å². The number of carboxylic acid groups (broad SMARTS) is 1. The van der Waals surface area contributed by atoms with Gasteiger partial charge < -0.3 is 26.8 Å². The number of thiol groups is 1. The topological polar surface area (TPSA) is 151 Å². The Morgan fingerprint density at radius 3 is 2.12 bits per heavy atom. The number of rotatable bonds is 14. The van der Waals surface area contributed by atoms with Crippen molar-refractivity contribution in [2.24, 2.45) is 11.7 Å². The van der Waals surface area contributed by atoms with Gasteiger partial charge in [-0.15, -0.1) is 0 Å². The number of carboxylic acids is 1. The molecule has 1 rings (SSSR count). The Balaban J connectivity index is 3.06. The number of nitrogens with two attached hydrogens (primary N) is 1. The van der Waals surface area contributed by atoms with Crippen LogP contribution in [0.2, 0.25) is 0 Å². The molecule has 4 atom stereocenters. The van der Waals surface area contributed by atoms with Crippen LogP contribution >= 0.6 is 24.4 Å². The summed E-state index contributed by atoms with van der Waals surface area (Å²) in [6.07, 6.45) is 2.25. The highest BCUT2D eigenvalue weighted by Crippen LogP contribution is 2.08. The molecule has 3 amide bonds. The molecule has 0 saturated carbocycles. The maximum absolute atomic E-state index is 13.0. The molecule has 0 aromatic heterocycles. The number of hydrogen-bond donors (Lipinski definition) is 6. The van der Waals surface area contributed by atoms with Crippen molar-refractivity contribution in [3.05, 3.63) is 35.9 Å². The zero-order valence-corrected chi connectivity index (χ0v) is 20.8. The standard InChI is InChI=1S/C22H34N4O5S2/c1-13(2)18(26-19(27)15(23)12-32)21(29)25-17(11-14-7-5-4-6-8-14)20(28)24-16(22(30)31)9-10-33-3/h4-8,13,15-18,32H,9-12,23H2,1-3H3,(H,24,28)(H,25,29)(H,26,27)(H,30,31)/t15-,16+,17-,18+/m1/s1. The van der Waals surface area contributed by atoms with E-state index in [-0.39, 0.29) is 24.5 Å². The monoisotopic (exact) mass is 498 g/mol. The van der Waals surface area contributed by atoms with E-state index in [1.54, 1.807) is 26.0 Å². The van der Waals surface area contributed by atoms with Gasteiger partial charge in [-0.25, -0.2) is 4.79 Å². The molecule has 1 aromatic rings. The first-order valence-corrected chi connectivity index (χ1v) is 12.7. The van der Waals surface area contributed by atoms with Crippen LogP contribution in [-0.4, -0.2) is 70.7 Å². The molecule has 33 heavy (non-hydrogen) atoms. The lowest BCUT2D eigenvalue weighted by Gasteiger charge is -2.27. The smallest absolute Gasteiger partial charge is 0.326 e. The van der Waals surface area contributed by atoms with Crippen LogP contribution in [0.4, 0.5) is 0 Å². The van der Waals surface area contributed by atoms with Gasteiger partial charge in [0.1, 0.15) is 18.1 Å². The molecule has 0 bridgehead atoms. The number of carbonyl (C=O) groups excluding carboxylic acids is 3. The molecule has 1 aromatic carbocycles. The highest BCUT2D eigenvalue weighted by Gasteiger charge is 2.31. The summed E-state index contributed by atoms with van der Waals surface area (Å²) in [5.74, 6) is -2.45. The van der Waals surface area contributed by atoms with Crippen molar-refractivity contribution in [1.82, 2.24) is 16.0 Å². The predicted octanol–water partition coefficient (Wildman–Crippen LogP) is 0.434. The predicted molar refractivity (Wildman–Crippen MR) is 133 cm³/mol. The first kappa shape index (κ1) is 28.8. The highest BCUT2D eigenvalue weighted by atomic mass is 32.2. The third kappa shape index (κ3) is 10.1. The molecule has 6 N–H and O–H groups in total. The van der Waals surface area contributed by atoms with E-state index in [1.165, 1.54) is 11.8 Å². The molecule has 0 aliphatic rings. The lowest BCUT2D eigenvalue weighted by atomic mass is 10.0. The van der Waals surface area contributed by atoms with Crippen molar-refractivity contribution in [1.29, 1.82) is 0 Å². The Bertz CT molecular complexity index is 794. The number of nitrogens with one attached hydrogen (secondary N) is 3. The van der Waals surface area contributed by atoms with E-state index in [2.05, 4.69) is 28.6 Å². The number of amides is 3. The zero-order valence-electron chi connectivity index (χ0n) is 19.1. The molecule has 0 spiro atoms. The van der Waals surface area contributed by atoms with Crippen LogP contribution in [0.1, 0.15) is 25.8 Å². The molecule has 0 unspecified atom stereocenters. The number of thioether (sulfide) groups is 1. The van der Waals surface area contributed by atoms with Crippen LogP contribution < -0.4 is 21.7 Å². The number of carbonyl (C=O) groups is 4. The van der Waals surface area contributed by atoms with Gasteiger partial charge in [0.05, 0.1) is 6.04 Å². The normalized spacial score (nSPS) is 14.6. The van der Waals surface area contributed by atoms with Crippen molar-refractivity contribution in [2.45, 2.75) is 50.9 Å². The van der Waals surface area contributed by atoms with Crippen molar-refractivity contribution < 1.29 is 24.3 Å². The minimum Gasteiger partial charge on any atom is -0.480 e. The fourth-order valence-corrected chi connectivity index (χ4v) is 3.60. The number of benzene rings is 1. The van der Waals surface area contributed by atoms with Crippen LogP contribution in [0.25, 0.3) is 0 Å². The third-order valence-corrected chi connectivity index (χ3v) is 5.96. The fraction of sp³-hybridized carbons (Fsp3) is 0.545. The SMILES string of the molecule is CSCC[C@H](NC(=O)[C@@H](Cc1ccccc1)NC(=O)[C@@H](NC(=O)[C@H](N)CS)C(C)C)C(=O)O. The number of aliphatic carboxylic acids is 1. The summed E-state index contributed by atoms with van der Waals surface area (Å²) in [6, 6.07) is 5.14. The molecular weight excluding hydrogens is 464 g/mol. The molecule has 0 saturated heterocycles. The second kappa shape index (κ2) is 14.8. The Morgan fingerprint density at radius 1 is 1.00 bits per heavy atom. The summed E-state index contributed by atoms with van der Waals surface area (Å²) in [7, 11) is 0. The first-order valence-electron chi connectivity index (χ1n) is 10.6. The van der Waals surface area contributed by atoms with Crippen LogP contribution in [0.3, 0.4) is 0 Å². The van der Waals surface area contributed by atoms with Crippen LogP contribution in [0, 0.1) is 5.92 Å². The summed E-state index contributed by atoms with van der Waals surface area (Å²) in [6.45, 7) is 3.51. The Kier molecular flexibility index (Phi) is 12.9. The lowest BCUT2D eigenvalue weighted by molar-refractivity contribution is -0.142. The summed E-state index contributed by atoms with van der Waals surface area (Å²) < 4.78 is 0. The average Bonchev–Trinajstić information content (AvgIpc) is 2.78. The van der Waals surface area contributed by atoms with Gasteiger partial charge >= 0.3 is 5.97 Å². The second-order valence-electron chi connectivity index (χ2n) is 7.95. The molecule has 0 heterocycles. The van der Waals surface area contributed by atoms with Crippen molar-refractivity contribution in [3.8, 4) is 0 Å². The van der Waals surface area contributed by atoms with Gasteiger partial charge in [0, 0.05) is 12.2 Å². The minimum atomic E-state index is -1.14. The van der Waals surface area contributed by atoms with Gasteiger partial charge in [-0.1, -0.05) is 44.2 Å². The van der Waals surface area contributed by atoms with E-state index >= 15 is 0 Å². The highest BCUT2D eigenvalue weighted by molar-refractivity contribution is 7.98. The molecular formula is C22H34N4O5S2. The minimum absolute atomic E-state index is 0.115. The average molecular weight is 499 g/mol. The van der Waals surface area contributed by atoms with Crippen LogP contribution in [0.5, 0.6) is 0 Å². The molecule has 0 radical (unpaired) electrons. The maximum Gasteiger partial charge on any atom is 0.326 e. The maximum atomic E-state index is 13.0. The zero-order chi connectivity index (χ0) is 25.0. The van der Waals surface area contributed by atoms with E-state index in [4.69, 9.17) is 5.73 Å². The van der Waals surface area contributed by atoms with Crippen molar-refractivity contribution in [2.75, 3.05) is 17.8 Å². The molecule has 11 heteroatoms. The number of hydrogen-bond acceptors (Lipinski definition) is 7. The van der Waals surface area contributed by atoms with Gasteiger partial charge in [0.25, 0.3) is 0 Å². The molecule has 0 fully saturated rings. The lowest BCUT2D eigenvalue weighted by Crippen LogP contribution is -2.59. The quantitative estimate of drug-likeness (QED) is 0.204. The fourth-order valence-electron chi connectivity index (χ4n) is 2.96. The van der Waals surface area contributed by atoms with Crippen molar-refractivity contribution in [3.63, 3.8) is 0 Å². The Morgan fingerprint density at radius 2 is 1.61 bits per heavy atom. The molecule has 184 valence electrons. The van der Waals surface area contributed by atoms with E-state index in [9.17, 15) is 24.3 Å². The van der Waals surface area contributed by atoms with Crippen LogP contribution in [-0.2, 0) is 25.6 Å². The second-order valence-corrected chi connectivity index (χ2v) is 9.30. The van der Waals surface area contributed by atoms with Gasteiger partial charge in [-0.3, -0.25) is 14.4 Å². The van der Waals surface area contributed by atoms with Crippen LogP contribution in [0.15, 0.2) is 30.3 Å². The molecule has 9 nitrogen and oxygen atoms in total. The summed E-state index contributed by atoms with van der Waals surface area (Å²) in [4.78, 5) is 49.9. The molecule has 0 aliphatic heterocycles. The van der Waals surface area contributed by atoms with Gasteiger partial charge in [0.2, 0.25) is 17.7 Å². The van der Waals surface area contributed by atoms with E-state index in [0.717, 1.165) is 5.56 Å². The van der Waals surface area contributed by atoms with E-state index < -0.39 is 47.9 Å². The largest absolute Gasteiger partial charge is 0.480 e. The summed E-state index contributed by atoms with van der Waals surface area (Å²) >= 11 is 5.48. The van der Waals surface area contributed by atoms with Crippen molar-refractivity contribution >= 4 is 48.1 Å². The summed E-state index contributed by atoms with van der Waals surface area (Å²) in [5.41, 5.74) is 6.49. The van der Waals surface area contributed by atoms with Gasteiger partial charge in [0.15, 0.2) is 0 Å². The van der Waals surface area contributed by atoms with Gasteiger partial charge in [-0.05, 0) is 29.9 Å². The first-order chi connectivity index (χ1) is 15.6. The van der Waals surface area contributed by atoms with E-state index in [0.29, 0.717) is 5.75 Å². The Hall–Kier alpha value is -2.24.